The van der Waals surface area contributed by atoms with Crippen molar-refractivity contribution in [3.63, 3.8) is 0 Å². The van der Waals surface area contributed by atoms with Gasteiger partial charge in [0.25, 0.3) is 5.91 Å². The van der Waals surface area contributed by atoms with Crippen molar-refractivity contribution in [3.8, 4) is 0 Å². The van der Waals surface area contributed by atoms with Gasteiger partial charge < -0.3 is 4.90 Å². The highest BCUT2D eigenvalue weighted by Gasteiger charge is 2.26. The van der Waals surface area contributed by atoms with E-state index in [4.69, 9.17) is 11.6 Å². The lowest BCUT2D eigenvalue weighted by Gasteiger charge is -2.34. The van der Waals surface area contributed by atoms with Crippen LogP contribution in [0.15, 0.2) is 18.2 Å². The van der Waals surface area contributed by atoms with Gasteiger partial charge in [0.05, 0.1) is 0 Å². The summed E-state index contributed by atoms with van der Waals surface area (Å²) in [6, 6.07) is 5.56. The average molecular weight is 280 g/mol. The molecule has 0 unspecified atom stereocenters. The molecule has 1 aliphatic rings. The van der Waals surface area contributed by atoms with Crippen LogP contribution in [0.5, 0.6) is 0 Å². The fraction of sp³-hybridized carbons (Fsp3) is 0.562. The second kappa shape index (κ2) is 5.96. The molecule has 1 amide bonds. The van der Waals surface area contributed by atoms with E-state index in [1.54, 1.807) is 0 Å². The third-order valence-corrected chi connectivity index (χ3v) is 4.68. The fourth-order valence-electron chi connectivity index (χ4n) is 2.78. The third kappa shape index (κ3) is 3.11. The van der Waals surface area contributed by atoms with Crippen LogP contribution in [0.2, 0.25) is 5.02 Å². The molecular weight excluding hydrogens is 258 g/mol. The number of benzene rings is 1. The van der Waals surface area contributed by atoms with E-state index >= 15 is 0 Å². The van der Waals surface area contributed by atoms with Gasteiger partial charge in [0.15, 0.2) is 0 Å². The van der Waals surface area contributed by atoms with Crippen LogP contribution in [0.25, 0.3) is 0 Å². The maximum Gasteiger partial charge on any atom is 0.254 e. The first-order valence-electron chi connectivity index (χ1n) is 7.05. The molecule has 2 nitrogen and oxygen atoms in total. The molecule has 2 rings (SSSR count). The van der Waals surface area contributed by atoms with E-state index in [1.165, 1.54) is 0 Å². The average Bonchev–Trinajstić information content (AvgIpc) is 2.41. The second-order valence-corrected chi connectivity index (χ2v) is 6.19. The lowest BCUT2D eigenvalue weighted by molar-refractivity contribution is 0.0667. The minimum absolute atomic E-state index is 0.127. The van der Waals surface area contributed by atoms with E-state index in [2.05, 4.69) is 13.8 Å². The maximum atomic E-state index is 12.5. The van der Waals surface area contributed by atoms with E-state index in [9.17, 15) is 4.79 Å². The highest BCUT2D eigenvalue weighted by Crippen LogP contribution is 2.26. The molecule has 1 aliphatic heterocycles. The molecule has 0 saturated carbocycles. The van der Waals surface area contributed by atoms with Crippen LogP contribution in [0.3, 0.4) is 0 Å². The molecule has 0 radical (unpaired) electrons. The number of likely N-dealkylation sites (tertiary alicyclic amines) is 1. The van der Waals surface area contributed by atoms with Crippen molar-refractivity contribution in [1.29, 1.82) is 0 Å². The number of carbonyl (C=O) groups excluding carboxylic acids is 1. The van der Waals surface area contributed by atoms with Gasteiger partial charge in [-0.25, -0.2) is 0 Å². The Labute approximate surface area is 120 Å². The predicted octanol–water partition coefficient (Wildman–Crippen LogP) is 4.16. The van der Waals surface area contributed by atoms with Crippen molar-refractivity contribution in [3.05, 3.63) is 34.3 Å². The van der Waals surface area contributed by atoms with Gasteiger partial charge in [0.2, 0.25) is 0 Å². The largest absolute Gasteiger partial charge is 0.339 e. The summed E-state index contributed by atoms with van der Waals surface area (Å²) in [7, 11) is 0. The van der Waals surface area contributed by atoms with Crippen molar-refractivity contribution in [2.75, 3.05) is 13.1 Å². The predicted molar refractivity (Wildman–Crippen MR) is 79.7 cm³/mol. The number of hydrogen-bond donors (Lipinski definition) is 0. The van der Waals surface area contributed by atoms with E-state index in [0.717, 1.165) is 43.0 Å². The van der Waals surface area contributed by atoms with Crippen molar-refractivity contribution in [2.45, 2.75) is 33.6 Å². The Kier molecular flexibility index (Phi) is 4.51. The molecule has 19 heavy (non-hydrogen) atoms. The summed E-state index contributed by atoms with van der Waals surface area (Å²) >= 11 is 6.09. The molecule has 1 aromatic rings. The van der Waals surface area contributed by atoms with Crippen molar-refractivity contribution in [2.24, 2.45) is 11.8 Å². The van der Waals surface area contributed by atoms with Gasteiger partial charge in [-0.05, 0) is 49.3 Å². The van der Waals surface area contributed by atoms with Crippen LogP contribution in [0.1, 0.15) is 42.6 Å². The molecule has 1 saturated heterocycles. The second-order valence-electron chi connectivity index (χ2n) is 5.79. The number of piperidine rings is 1. The van der Waals surface area contributed by atoms with E-state index in [-0.39, 0.29) is 5.91 Å². The highest BCUT2D eigenvalue weighted by atomic mass is 35.5. The molecule has 0 atom stereocenters. The molecule has 1 heterocycles. The molecular formula is C16H22ClNO. The Bertz CT molecular complexity index is 462. The van der Waals surface area contributed by atoms with Crippen LogP contribution in [-0.2, 0) is 0 Å². The van der Waals surface area contributed by atoms with Gasteiger partial charge in [-0.1, -0.05) is 31.5 Å². The first-order valence-corrected chi connectivity index (χ1v) is 7.43. The van der Waals surface area contributed by atoms with Crippen LogP contribution in [-0.4, -0.2) is 23.9 Å². The quantitative estimate of drug-likeness (QED) is 0.796. The van der Waals surface area contributed by atoms with Gasteiger partial charge >= 0.3 is 0 Å². The van der Waals surface area contributed by atoms with Crippen molar-refractivity contribution >= 4 is 17.5 Å². The number of nitrogens with zero attached hydrogens (tertiary/aromatic N) is 1. The van der Waals surface area contributed by atoms with Gasteiger partial charge in [-0.2, -0.15) is 0 Å². The molecule has 0 N–H and O–H groups in total. The van der Waals surface area contributed by atoms with Gasteiger partial charge in [0.1, 0.15) is 0 Å². The molecule has 3 heteroatoms. The lowest BCUT2D eigenvalue weighted by Crippen LogP contribution is -2.39. The summed E-state index contributed by atoms with van der Waals surface area (Å²) in [6.07, 6.45) is 2.23. The van der Waals surface area contributed by atoms with Crippen LogP contribution < -0.4 is 0 Å². The Morgan fingerprint density at radius 3 is 2.53 bits per heavy atom. The van der Waals surface area contributed by atoms with Gasteiger partial charge in [-0.15, -0.1) is 0 Å². The summed E-state index contributed by atoms with van der Waals surface area (Å²) in [5.41, 5.74) is 1.63. The van der Waals surface area contributed by atoms with Crippen LogP contribution in [0, 0.1) is 18.8 Å². The van der Waals surface area contributed by atoms with E-state index in [0.29, 0.717) is 10.9 Å². The minimum atomic E-state index is 0.127. The van der Waals surface area contributed by atoms with Gasteiger partial charge in [-0.3, -0.25) is 4.79 Å². The third-order valence-electron chi connectivity index (χ3n) is 4.27. The standard InChI is InChI=1S/C16H22ClNO/c1-11(2)13-7-9-18(10-8-13)16(19)14-5-4-6-15(17)12(14)3/h4-6,11,13H,7-10H2,1-3H3. The molecule has 0 spiro atoms. The topological polar surface area (TPSA) is 20.3 Å². The maximum absolute atomic E-state index is 12.5. The Morgan fingerprint density at radius 1 is 1.32 bits per heavy atom. The summed E-state index contributed by atoms with van der Waals surface area (Å²) < 4.78 is 0. The number of halogens is 1. The lowest BCUT2D eigenvalue weighted by atomic mass is 9.86. The molecule has 104 valence electrons. The summed E-state index contributed by atoms with van der Waals surface area (Å²) in [4.78, 5) is 14.5. The molecule has 0 aromatic heterocycles. The number of rotatable bonds is 2. The monoisotopic (exact) mass is 279 g/mol. The Hall–Kier alpha value is -1.02. The highest BCUT2D eigenvalue weighted by molar-refractivity contribution is 6.31. The first-order chi connectivity index (χ1) is 9.00. The molecule has 1 aromatic carbocycles. The SMILES string of the molecule is Cc1c(Cl)cccc1C(=O)N1CCC(C(C)C)CC1. The summed E-state index contributed by atoms with van der Waals surface area (Å²) in [5, 5.41) is 0.669. The zero-order valence-corrected chi connectivity index (χ0v) is 12.7. The fourth-order valence-corrected chi connectivity index (χ4v) is 2.95. The Morgan fingerprint density at radius 2 is 1.95 bits per heavy atom. The van der Waals surface area contributed by atoms with Crippen molar-refractivity contribution < 1.29 is 4.79 Å². The molecule has 0 bridgehead atoms. The zero-order chi connectivity index (χ0) is 14.0. The van der Waals surface area contributed by atoms with Gasteiger partial charge in [0, 0.05) is 23.7 Å². The van der Waals surface area contributed by atoms with Crippen LogP contribution in [0.4, 0.5) is 0 Å². The molecule has 1 fully saturated rings. The van der Waals surface area contributed by atoms with E-state index in [1.807, 2.05) is 30.0 Å². The van der Waals surface area contributed by atoms with Crippen LogP contribution >= 0.6 is 11.6 Å². The smallest absolute Gasteiger partial charge is 0.254 e. The molecule has 0 aliphatic carbocycles. The first kappa shape index (κ1) is 14.4. The zero-order valence-electron chi connectivity index (χ0n) is 11.9. The number of carbonyl (C=O) groups is 1. The number of hydrogen-bond acceptors (Lipinski definition) is 1. The van der Waals surface area contributed by atoms with E-state index < -0.39 is 0 Å². The minimum Gasteiger partial charge on any atom is -0.339 e. The van der Waals surface area contributed by atoms with Crippen molar-refractivity contribution in [1.82, 2.24) is 4.90 Å². The Balaban J connectivity index is 2.07. The summed E-state index contributed by atoms with van der Waals surface area (Å²) in [6.45, 7) is 8.18. The normalized spacial score (nSPS) is 17.0. The summed E-state index contributed by atoms with van der Waals surface area (Å²) in [5.74, 6) is 1.59. The number of amides is 1.